The zero-order valence-electron chi connectivity index (χ0n) is 15.9. The summed E-state index contributed by atoms with van der Waals surface area (Å²) >= 11 is 0. The zero-order chi connectivity index (χ0) is 19.4. The van der Waals surface area contributed by atoms with Gasteiger partial charge in [-0.3, -0.25) is 4.79 Å². The van der Waals surface area contributed by atoms with Gasteiger partial charge in [-0.1, -0.05) is 43.3 Å². The van der Waals surface area contributed by atoms with Crippen LogP contribution in [0.4, 0.5) is 5.69 Å². The highest BCUT2D eigenvalue weighted by molar-refractivity contribution is 5.92. The predicted octanol–water partition coefficient (Wildman–Crippen LogP) is 4.49. The van der Waals surface area contributed by atoms with Gasteiger partial charge in [0.25, 0.3) is 11.8 Å². The minimum Gasteiger partial charge on any atom is -0.483 e. The molecule has 0 saturated carbocycles. The van der Waals surface area contributed by atoms with E-state index in [1.54, 1.807) is 6.07 Å². The molecule has 0 fully saturated rings. The first-order valence-corrected chi connectivity index (χ1v) is 8.87. The lowest BCUT2D eigenvalue weighted by atomic mass is 10.1. The van der Waals surface area contributed by atoms with Crippen LogP contribution in [0.15, 0.2) is 47.0 Å². The van der Waals surface area contributed by atoms with Crippen LogP contribution in [-0.2, 0) is 4.79 Å². The monoisotopic (exact) mass is 365 g/mol. The van der Waals surface area contributed by atoms with Crippen LogP contribution in [0.1, 0.15) is 36.7 Å². The number of benzene rings is 2. The molecule has 1 aromatic heterocycles. The molecule has 0 saturated heterocycles. The summed E-state index contributed by atoms with van der Waals surface area (Å²) in [5.41, 5.74) is 3.61. The van der Waals surface area contributed by atoms with Crippen molar-refractivity contribution in [2.45, 2.75) is 33.6 Å². The van der Waals surface area contributed by atoms with E-state index in [0.29, 0.717) is 23.0 Å². The number of nitrogens with zero attached hydrogens (tertiary/aromatic N) is 2. The van der Waals surface area contributed by atoms with Crippen molar-refractivity contribution in [2.24, 2.45) is 0 Å². The summed E-state index contributed by atoms with van der Waals surface area (Å²) in [6.45, 7) is 7.86. The summed E-state index contributed by atoms with van der Waals surface area (Å²) in [7, 11) is 0. The number of hydrogen-bond acceptors (Lipinski definition) is 5. The standard InChI is InChI=1S/C21H23N3O3/c1-13(2)20-23-21(27-24-20)16-9-5-6-11-18(16)26-12-19(25)22-17-10-7-8-14(3)15(17)4/h5-11,13H,12H2,1-4H3,(H,22,25). The number of amides is 1. The second-order valence-corrected chi connectivity index (χ2v) is 6.69. The quantitative estimate of drug-likeness (QED) is 0.696. The van der Waals surface area contributed by atoms with Crippen molar-refractivity contribution in [3.63, 3.8) is 0 Å². The van der Waals surface area contributed by atoms with Crippen molar-refractivity contribution in [1.29, 1.82) is 0 Å². The van der Waals surface area contributed by atoms with Gasteiger partial charge in [0.1, 0.15) is 5.75 Å². The molecule has 0 bridgehead atoms. The van der Waals surface area contributed by atoms with Gasteiger partial charge in [-0.15, -0.1) is 0 Å². The first-order valence-electron chi connectivity index (χ1n) is 8.87. The molecule has 6 nitrogen and oxygen atoms in total. The third-order valence-electron chi connectivity index (χ3n) is 4.31. The summed E-state index contributed by atoms with van der Waals surface area (Å²) in [5.74, 6) is 1.47. The Hall–Kier alpha value is -3.15. The largest absolute Gasteiger partial charge is 0.483 e. The third-order valence-corrected chi connectivity index (χ3v) is 4.31. The molecular formula is C21H23N3O3. The summed E-state index contributed by atoms with van der Waals surface area (Å²) in [6.07, 6.45) is 0. The Bertz CT molecular complexity index is 947. The van der Waals surface area contributed by atoms with Crippen LogP contribution in [0.5, 0.6) is 5.75 Å². The molecular weight excluding hydrogens is 342 g/mol. The normalized spacial score (nSPS) is 10.9. The Morgan fingerprint density at radius 2 is 1.93 bits per heavy atom. The molecule has 2 aromatic carbocycles. The van der Waals surface area contributed by atoms with Gasteiger partial charge in [0.15, 0.2) is 12.4 Å². The highest BCUT2D eigenvalue weighted by atomic mass is 16.5. The molecule has 6 heteroatoms. The number of aromatic nitrogens is 2. The fourth-order valence-electron chi connectivity index (χ4n) is 2.56. The number of anilines is 1. The fourth-order valence-corrected chi connectivity index (χ4v) is 2.56. The van der Waals surface area contributed by atoms with Crippen LogP contribution in [0.2, 0.25) is 0 Å². The highest BCUT2D eigenvalue weighted by Crippen LogP contribution is 2.29. The first-order chi connectivity index (χ1) is 13.0. The molecule has 1 heterocycles. The fraction of sp³-hybridized carbons (Fsp3) is 0.286. The molecule has 1 amide bonds. The van der Waals surface area contributed by atoms with Crippen molar-refractivity contribution in [2.75, 3.05) is 11.9 Å². The van der Waals surface area contributed by atoms with E-state index >= 15 is 0 Å². The summed E-state index contributed by atoms with van der Waals surface area (Å²) in [4.78, 5) is 16.7. The van der Waals surface area contributed by atoms with Crippen LogP contribution in [0.3, 0.4) is 0 Å². The van der Waals surface area contributed by atoms with E-state index < -0.39 is 0 Å². The second kappa shape index (κ2) is 8.03. The summed E-state index contributed by atoms with van der Waals surface area (Å²) in [5, 5.41) is 6.87. The maximum atomic E-state index is 12.3. The maximum Gasteiger partial charge on any atom is 0.262 e. The van der Waals surface area contributed by atoms with E-state index in [1.165, 1.54) is 0 Å². The van der Waals surface area contributed by atoms with E-state index in [1.807, 2.05) is 64.1 Å². The third kappa shape index (κ3) is 4.34. The Kier molecular flexibility index (Phi) is 5.54. The second-order valence-electron chi connectivity index (χ2n) is 6.69. The number of para-hydroxylation sites is 1. The lowest BCUT2D eigenvalue weighted by Gasteiger charge is -2.12. The minimum atomic E-state index is -0.230. The maximum absolute atomic E-state index is 12.3. The number of ether oxygens (including phenoxy) is 1. The van der Waals surface area contributed by atoms with E-state index in [2.05, 4.69) is 15.5 Å². The lowest BCUT2D eigenvalue weighted by molar-refractivity contribution is -0.118. The number of nitrogens with one attached hydrogen (secondary N) is 1. The van der Waals surface area contributed by atoms with Crippen LogP contribution < -0.4 is 10.1 Å². The first kappa shape index (κ1) is 18.6. The molecule has 0 aliphatic carbocycles. The zero-order valence-corrected chi connectivity index (χ0v) is 15.9. The van der Waals surface area contributed by atoms with E-state index in [0.717, 1.165) is 16.8 Å². The van der Waals surface area contributed by atoms with Crippen molar-refractivity contribution in [1.82, 2.24) is 10.1 Å². The van der Waals surface area contributed by atoms with E-state index in [4.69, 9.17) is 9.26 Å². The van der Waals surface area contributed by atoms with Crippen molar-refractivity contribution in [3.8, 4) is 17.2 Å². The van der Waals surface area contributed by atoms with Crippen LogP contribution in [-0.4, -0.2) is 22.7 Å². The van der Waals surface area contributed by atoms with Crippen LogP contribution in [0, 0.1) is 13.8 Å². The van der Waals surface area contributed by atoms with E-state index in [-0.39, 0.29) is 18.4 Å². The number of carbonyl (C=O) groups is 1. The molecule has 3 rings (SSSR count). The Balaban J connectivity index is 1.71. The number of rotatable bonds is 6. The smallest absolute Gasteiger partial charge is 0.262 e. The number of hydrogen-bond donors (Lipinski definition) is 1. The predicted molar refractivity (Wildman–Crippen MR) is 104 cm³/mol. The van der Waals surface area contributed by atoms with Crippen molar-refractivity contribution < 1.29 is 14.1 Å². The van der Waals surface area contributed by atoms with Crippen molar-refractivity contribution in [3.05, 3.63) is 59.4 Å². The topological polar surface area (TPSA) is 77.2 Å². The van der Waals surface area contributed by atoms with Crippen molar-refractivity contribution >= 4 is 11.6 Å². The Morgan fingerprint density at radius 1 is 1.15 bits per heavy atom. The van der Waals surface area contributed by atoms with Crippen LogP contribution >= 0.6 is 0 Å². The molecule has 1 N–H and O–H groups in total. The Labute approximate surface area is 158 Å². The lowest BCUT2D eigenvalue weighted by Crippen LogP contribution is -2.21. The van der Waals surface area contributed by atoms with Gasteiger partial charge in [0.05, 0.1) is 5.56 Å². The number of aryl methyl sites for hydroxylation is 1. The van der Waals surface area contributed by atoms with Crippen LogP contribution in [0.25, 0.3) is 11.5 Å². The average molecular weight is 365 g/mol. The summed E-state index contributed by atoms with van der Waals surface area (Å²) in [6, 6.07) is 13.1. The molecule has 3 aromatic rings. The molecule has 27 heavy (non-hydrogen) atoms. The molecule has 0 unspecified atom stereocenters. The SMILES string of the molecule is Cc1cccc(NC(=O)COc2ccccc2-c2nc(C(C)C)no2)c1C. The Morgan fingerprint density at radius 3 is 2.67 bits per heavy atom. The van der Waals surface area contributed by atoms with Gasteiger partial charge in [-0.2, -0.15) is 4.98 Å². The van der Waals surface area contributed by atoms with Gasteiger partial charge < -0.3 is 14.6 Å². The number of carbonyl (C=O) groups excluding carboxylic acids is 1. The highest BCUT2D eigenvalue weighted by Gasteiger charge is 2.16. The molecule has 0 atom stereocenters. The molecule has 140 valence electrons. The molecule has 0 radical (unpaired) electrons. The molecule has 0 spiro atoms. The van der Waals surface area contributed by atoms with Gasteiger partial charge >= 0.3 is 0 Å². The summed E-state index contributed by atoms with van der Waals surface area (Å²) < 4.78 is 11.1. The minimum absolute atomic E-state index is 0.116. The van der Waals surface area contributed by atoms with Gasteiger partial charge in [0.2, 0.25) is 0 Å². The van der Waals surface area contributed by atoms with Gasteiger partial charge in [0, 0.05) is 11.6 Å². The average Bonchev–Trinajstić information content (AvgIpc) is 3.14. The molecule has 0 aliphatic rings. The van der Waals surface area contributed by atoms with Gasteiger partial charge in [-0.25, -0.2) is 0 Å². The molecule has 0 aliphatic heterocycles. The van der Waals surface area contributed by atoms with E-state index in [9.17, 15) is 4.79 Å². The van der Waals surface area contributed by atoms with Gasteiger partial charge in [-0.05, 0) is 43.2 Å².